The molecule has 1 aromatic heterocycles. The third kappa shape index (κ3) is 4.85. The van der Waals surface area contributed by atoms with Gasteiger partial charge in [0.2, 0.25) is 5.91 Å². The molecule has 154 valence electrons. The molecule has 3 rings (SSSR count). The maximum absolute atomic E-state index is 12.8. The van der Waals surface area contributed by atoms with Crippen LogP contribution in [0.5, 0.6) is 0 Å². The van der Waals surface area contributed by atoms with Crippen LogP contribution in [-0.4, -0.2) is 36.3 Å². The van der Waals surface area contributed by atoms with Gasteiger partial charge in [0.05, 0.1) is 11.6 Å². The van der Waals surface area contributed by atoms with E-state index in [1.807, 2.05) is 37.3 Å². The Hall–Kier alpha value is -2.67. The number of hydrogen-bond acceptors (Lipinski definition) is 5. The predicted octanol–water partition coefficient (Wildman–Crippen LogP) is 3.96. The van der Waals surface area contributed by atoms with Crippen LogP contribution in [-0.2, 0) is 27.2 Å². The lowest BCUT2D eigenvalue weighted by Crippen LogP contribution is -2.33. The SMILES string of the molecule is CC(=O)Nc1sc2c(c1C(=O)OCC(=O)N(C)C(C)c1ccccc1)CCCC2. The van der Waals surface area contributed by atoms with Gasteiger partial charge in [0, 0.05) is 18.8 Å². The van der Waals surface area contributed by atoms with Gasteiger partial charge < -0.3 is 15.0 Å². The van der Waals surface area contributed by atoms with Crippen LogP contribution < -0.4 is 5.32 Å². The van der Waals surface area contributed by atoms with Crippen LogP contribution in [0, 0.1) is 0 Å². The Bertz CT molecular complexity index is 907. The third-order valence-electron chi connectivity index (χ3n) is 5.25. The molecule has 1 unspecified atom stereocenters. The van der Waals surface area contributed by atoms with Crippen LogP contribution in [0.15, 0.2) is 30.3 Å². The Balaban J connectivity index is 1.69. The fraction of sp³-hybridized carbons (Fsp3) is 0.409. The van der Waals surface area contributed by atoms with Gasteiger partial charge in [-0.1, -0.05) is 30.3 Å². The van der Waals surface area contributed by atoms with Crippen LogP contribution in [0.3, 0.4) is 0 Å². The van der Waals surface area contributed by atoms with Crippen molar-refractivity contribution in [3.8, 4) is 0 Å². The van der Waals surface area contributed by atoms with Crippen LogP contribution in [0.2, 0.25) is 0 Å². The molecule has 0 spiro atoms. The smallest absolute Gasteiger partial charge is 0.341 e. The molecular formula is C22H26N2O4S. The van der Waals surface area contributed by atoms with Gasteiger partial charge in [0.25, 0.3) is 5.91 Å². The number of fused-ring (bicyclic) bond motifs is 1. The summed E-state index contributed by atoms with van der Waals surface area (Å²) < 4.78 is 5.37. The number of benzene rings is 1. The van der Waals surface area contributed by atoms with E-state index in [9.17, 15) is 14.4 Å². The van der Waals surface area contributed by atoms with Gasteiger partial charge in [-0.15, -0.1) is 11.3 Å². The van der Waals surface area contributed by atoms with Gasteiger partial charge in [0.15, 0.2) is 6.61 Å². The van der Waals surface area contributed by atoms with E-state index in [0.717, 1.165) is 41.7 Å². The van der Waals surface area contributed by atoms with Crippen molar-refractivity contribution >= 4 is 34.1 Å². The van der Waals surface area contributed by atoms with E-state index in [2.05, 4.69) is 5.32 Å². The number of likely N-dealkylation sites (N-methyl/N-ethyl adjacent to an activating group) is 1. The largest absolute Gasteiger partial charge is 0.452 e. The van der Waals surface area contributed by atoms with Crippen LogP contribution >= 0.6 is 11.3 Å². The quantitative estimate of drug-likeness (QED) is 0.726. The molecule has 0 bridgehead atoms. The Kier molecular flexibility index (Phi) is 6.69. The highest BCUT2D eigenvalue weighted by atomic mass is 32.1. The number of aryl methyl sites for hydroxylation is 1. The van der Waals surface area contributed by atoms with E-state index >= 15 is 0 Å². The zero-order valence-electron chi connectivity index (χ0n) is 17.0. The number of thiophene rings is 1. The molecular weight excluding hydrogens is 388 g/mol. The fourth-order valence-electron chi connectivity index (χ4n) is 3.50. The lowest BCUT2D eigenvalue weighted by atomic mass is 9.95. The van der Waals surface area contributed by atoms with E-state index in [1.54, 1.807) is 11.9 Å². The molecule has 0 aliphatic heterocycles. The Morgan fingerprint density at radius 3 is 2.55 bits per heavy atom. The lowest BCUT2D eigenvalue weighted by Gasteiger charge is -2.25. The molecule has 1 heterocycles. The number of esters is 1. The molecule has 0 radical (unpaired) electrons. The maximum Gasteiger partial charge on any atom is 0.341 e. The Morgan fingerprint density at radius 1 is 1.17 bits per heavy atom. The first kappa shape index (κ1) is 21.0. The van der Waals surface area contributed by atoms with Gasteiger partial charge in [-0.3, -0.25) is 9.59 Å². The maximum atomic E-state index is 12.8. The molecule has 29 heavy (non-hydrogen) atoms. The summed E-state index contributed by atoms with van der Waals surface area (Å²) in [6.07, 6.45) is 3.76. The summed E-state index contributed by atoms with van der Waals surface area (Å²) in [5.74, 6) is -1.06. The van der Waals surface area contributed by atoms with Gasteiger partial charge >= 0.3 is 5.97 Å². The predicted molar refractivity (Wildman–Crippen MR) is 113 cm³/mol. The van der Waals surface area contributed by atoms with Crippen molar-refractivity contribution in [2.24, 2.45) is 0 Å². The highest BCUT2D eigenvalue weighted by Gasteiger charge is 2.28. The summed E-state index contributed by atoms with van der Waals surface area (Å²) >= 11 is 1.43. The molecule has 0 fully saturated rings. The lowest BCUT2D eigenvalue weighted by molar-refractivity contribution is -0.135. The molecule has 1 aromatic carbocycles. The zero-order chi connectivity index (χ0) is 21.0. The molecule has 0 saturated carbocycles. The normalized spacial score (nSPS) is 13.9. The minimum atomic E-state index is -0.553. The minimum absolute atomic E-state index is 0.133. The number of rotatable bonds is 6. The Morgan fingerprint density at radius 2 is 1.86 bits per heavy atom. The summed E-state index contributed by atoms with van der Waals surface area (Å²) in [6.45, 7) is 3.01. The van der Waals surface area contributed by atoms with Crippen LogP contribution in [0.1, 0.15) is 59.1 Å². The zero-order valence-corrected chi connectivity index (χ0v) is 17.8. The van der Waals surface area contributed by atoms with Crippen molar-refractivity contribution in [1.29, 1.82) is 0 Å². The van der Waals surface area contributed by atoms with Crippen molar-refractivity contribution < 1.29 is 19.1 Å². The monoisotopic (exact) mass is 414 g/mol. The van der Waals surface area contributed by atoms with E-state index in [4.69, 9.17) is 4.74 Å². The van der Waals surface area contributed by atoms with Crippen molar-refractivity contribution in [3.05, 3.63) is 51.9 Å². The summed E-state index contributed by atoms with van der Waals surface area (Å²) in [4.78, 5) is 39.6. The van der Waals surface area contributed by atoms with E-state index < -0.39 is 5.97 Å². The number of nitrogens with one attached hydrogen (secondary N) is 1. The highest BCUT2D eigenvalue weighted by molar-refractivity contribution is 7.17. The van der Waals surface area contributed by atoms with Gasteiger partial charge in [0.1, 0.15) is 5.00 Å². The minimum Gasteiger partial charge on any atom is -0.452 e. The average molecular weight is 415 g/mol. The fourth-order valence-corrected chi connectivity index (χ4v) is 4.83. The summed E-state index contributed by atoms with van der Waals surface area (Å²) in [5.41, 5.74) is 2.37. The molecule has 1 N–H and O–H groups in total. The number of carbonyl (C=O) groups is 3. The molecule has 2 aromatic rings. The van der Waals surface area contributed by atoms with Crippen molar-refractivity contribution in [1.82, 2.24) is 4.90 Å². The van der Waals surface area contributed by atoms with Crippen LogP contribution in [0.25, 0.3) is 0 Å². The first-order valence-corrected chi connectivity index (χ1v) is 10.6. The second-order valence-electron chi connectivity index (χ2n) is 7.26. The van der Waals surface area contributed by atoms with Crippen molar-refractivity contribution in [3.63, 3.8) is 0 Å². The number of hydrogen-bond donors (Lipinski definition) is 1. The Labute approximate surface area is 174 Å². The van der Waals surface area contributed by atoms with Gasteiger partial charge in [-0.25, -0.2) is 4.79 Å². The number of ether oxygens (including phenoxy) is 1. The van der Waals surface area contributed by atoms with Crippen molar-refractivity contribution in [2.45, 2.75) is 45.6 Å². The van der Waals surface area contributed by atoms with Crippen molar-refractivity contribution in [2.75, 3.05) is 19.0 Å². The second kappa shape index (κ2) is 9.22. The van der Waals surface area contributed by atoms with E-state index in [1.165, 1.54) is 18.3 Å². The highest BCUT2D eigenvalue weighted by Crippen LogP contribution is 2.38. The summed E-state index contributed by atoms with van der Waals surface area (Å²) in [5, 5.41) is 3.27. The molecule has 2 amide bonds. The first-order chi connectivity index (χ1) is 13.9. The molecule has 7 heteroatoms. The number of amides is 2. The number of carbonyl (C=O) groups excluding carboxylic acids is 3. The molecule has 1 aliphatic rings. The van der Waals surface area contributed by atoms with Gasteiger partial charge in [-0.2, -0.15) is 0 Å². The molecule has 1 aliphatic carbocycles. The topological polar surface area (TPSA) is 75.7 Å². The molecule has 0 saturated heterocycles. The standard InChI is InChI=1S/C22H26N2O4S/c1-14(16-9-5-4-6-10-16)24(3)19(26)13-28-22(27)20-17-11-7-8-12-18(17)29-21(20)23-15(2)25/h4-6,9-10,14H,7-8,11-13H2,1-3H3,(H,23,25). The van der Waals surface area contributed by atoms with Crippen LogP contribution in [0.4, 0.5) is 5.00 Å². The molecule has 6 nitrogen and oxygen atoms in total. The van der Waals surface area contributed by atoms with E-state index in [0.29, 0.717) is 10.6 Å². The van der Waals surface area contributed by atoms with E-state index in [-0.39, 0.29) is 24.5 Å². The van der Waals surface area contributed by atoms with Gasteiger partial charge in [-0.05, 0) is 43.7 Å². The third-order valence-corrected chi connectivity index (χ3v) is 6.46. The second-order valence-corrected chi connectivity index (χ2v) is 8.37. The molecule has 1 atom stereocenters. The summed E-state index contributed by atoms with van der Waals surface area (Å²) in [7, 11) is 1.70. The first-order valence-electron chi connectivity index (χ1n) is 9.78. The number of nitrogens with zero attached hydrogens (tertiary/aromatic N) is 1. The number of anilines is 1. The summed E-state index contributed by atoms with van der Waals surface area (Å²) in [6, 6.07) is 9.55. The average Bonchev–Trinajstić information content (AvgIpc) is 3.08.